The summed E-state index contributed by atoms with van der Waals surface area (Å²) in [5.41, 5.74) is 7.85. The molecule has 0 saturated heterocycles. The van der Waals surface area contributed by atoms with Crippen LogP contribution in [0.3, 0.4) is 0 Å². The summed E-state index contributed by atoms with van der Waals surface area (Å²) in [6.07, 6.45) is 0. The van der Waals surface area contributed by atoms with Crippen molar-refractivity contribution < 1.29 is 4.74 Å². The van der Waals surface area contributed by atoms with E-state index in [-0.39, 0.29) is 0 Å². The summed E-state index contributed by atoms with van der Waals surface area (Å²) in [4.78, 5) is 0. The van der Waals surface area contributed by atoms with Crippen molar-refractivity contribution in [2.45, 2.75) is 78.3 Å². The molecule has 1 nitrogen and oxygen atoms in total. The lowest BCUT2D eigenvalue weighted by Crippen LogP contribution is -2.48. The number of thiophene rings is 1. The van der Waals surface area contributed by atoms with Gasteiger partial charge in [-0.3, -0.25) is 0 Å². The topological polar surface area (TPSA) is 9.23 Å². The fourth-order valence-corrected chi connectivity index (χ4v) is 13.4. The van der Waals surface area contributed by atoms with Gasteiger partial charge in [0.1, 0.15) is 19.6 Å². The van der Waals surface area contributed by atoms with Crippen LogP contribution in [0.2, 0.25) is 11.1 Å². The van der Waals surface area contributed by atoms with Crippen LogP contribution in [0.15, 0.2) is 48.2 Å². The largest absolute Gasteiger partial charge is 0.457 e. The zero-order valence-corrected chi connectivity index (χ0v) is 22.1. The molecule has 2 heterocycles. The van der Waals surface area contributed by atoms with Crippen LogP contribution in [0, 0.1) is 0 Å². The molecule has 31 heavy (non-hydrogen) atoms. The molecule has 1 aromatic heterocycles. The highest BCUT2D eigenvalue weighted by Gasteiger charge is 2.49. The maximum atomic E-state index is 7.01. The fraction of sp³-hybridized carbons (Fsp3) is 0.429. The molecular formula is C28H36OSSi. The predicted molar refractivity (Wildman–Crippen MR) is 141 cm³/mol. The van der Waals surface area contributed by atoms with Crippen LogP contribution in [-0.4, -0.2) is 8.07 Å². The number of ether oxygens (including phenoxy) is 1. The zero-order valence-electron chi connectivity index (χ0n) is 20.2. The van der Waals surface area contributed by atoms with Crippen molar-refractivity contribution in [1.82, 2.24) is 0 Å². The first-order valence-corrected chi connectivity index (χ1v) is 14.8. The summed E-state index contributed by atoms with van der Waals surface area (Å²) < 4.78 is 10.0. The van der Waals surface area contributed by atoms with E-state index in [1.54, 1.807) is 4.50 Å². The molecule has 0 spiro atoms. The first-order chi connectivity index (χ1) is 14.7. The summed E-state index contributed by atoms with van der Waals surface area (Å²) in [6, 6.07) is 15.6. The van der Waals surface area contributed by atoms with E-state index in [9.17, 15) is 0 Å². The van der Waals surface area contributed by atoms with Crippen LogP contribution in [-0.2, 0) is 0 Å². The molecule has 3 aromatic rings. The molecule has 0 amide bonds. The molecule has 1 aliphatic rings. The Morgan fingerprint density at radius 1 is 0.742 bits per heavy atom. The van der Waals surface area contributed by atoms with E-state index in [1.807, 2.05) is 11.3 Å². The Bertz CT molecular complexity index is 1100. The Labute approximate surface area is 193 Å². The van der Waals surface area contributed by atoms with Crippen molar-refractivity contribution in [2.24, 2.45) is 0 Å². The Balaban J connectivity index is 1.97. The van der Waals surface area contributed by atoms with E-state index in [0.717, 1.165) is 11.5 Å². The van der Waals surface area contributed by atoms with Gasteiger partial charge in [-0.25, -0.2) is 0 Å². The van der Waals surface area contributed by atoms with Crippen molar-refractivity contribution in [2.75, 3.05) is 0 Å². The summed E-state index contributed by atoms with van der Waals surface area (Å²) in [6.45, 7) is 18.7. The molecule has 0 radical (unpaired) electrons. The van der Waals surface area contributed by atoms with Gasteiger partial charge in [0.05, 0.1) is 0 Å². The average molecular weight is 449 g/mol. The molecule has 0 aliphatic carbocycles. The second-order valence-corrected chi connectivity index (χ2v) is 16.6. The van der Waals surface area contributed by atoms with E-state index in [4.69, 9.17) is 4.74 Å². The lowest BCUT2D eigenvalue weighted by atomic mass is 9.94. The number of fused-ring (bicyclic) bond motifs is 3. The molecule has 0 unspecified atom stereocenters. The highest BCUT2D eigenvalue weighted by molar-refractivity contribution is 7.34. The van der Waals surface area contributed by atoms with Crippen LogP contribution < -0.4 is 9.24 Å². The number of rotatable bonds is 6. The van der Waals surface area contributed by atoms with Gasteiger partial charge < -0.3 is 4.74 Å². The van der Waals surface area contributed by atoms with Crippen molar-refractivity contribution in [1.29, 1.82) is 0 Å². The van der Waals surface area contributed by atoms with E-state index >= 15 is 0 Å². The molecule has 4 rings (SSSR count). The van der Waals surface area contributed by atoms with Crippen LogP contribution in [0.4, 0.5) is 0 Å². The first-order valence-electron chi connectivity index (χ1n) is 11.7. The summed E-state index contributed by atoms with van der Waals surface area (Å²) >= 11 is 2.01. The predicted octanol–water partition coefficient (Wildman–Crippen LogP) is 8.60. The van der Waals surface area contributed by atoms with Gasteiger partial charge in [0, 0.05) is 20.2 Å². The number of para-hydroxylation sites is 1. The smallest absolute Gasteiger partial charge is 0.134 e. The monoisotopic (exact) mass is 448 g/mol. The summed E-state index contributed by atoms with van der Waals surface area (Å²) in [5.74, 6) is 3.03. The summed E-state index contributed by atoms with van der Waals surface area (Å²) in [5, 5.41) is 1.36. The Morgan fingerprint density at radius 3 is 1.87 bits per heavy atom. The second-order valence-electron chi connectivity index (χ2n) is 10.2. The second kappa shape index (κ2) is 8.25. The van der Waals surface area contributed by atoms with Gasteiger partial charge in [0.2, 0.25) is 0 Å². The zero-order chi connectivity index (χ0) is 22.5. The van der Waals surface area contributed by atoms with Gasteiger partial charge in [-0.15, -0.1) is 11.3 Å². The normalized spacial score (nSPS) is 15.4. The van der Waals surface area contributed by atoms with Gasteiger partial charge >= 0.3 is 0 Å². The molecule has 0 saturated carbocycles. The molecule has 0 bridgehead atoms. The molecule has 2 aromatic carbocycles. The van der Waals surface area contributed by atoms with Gasteiger partial charge in [0.15, 0.2) is 0 Å². The SMILES string of the molecule is CC(C)c1cccc(C(C)C)c1OC1=C[Si](C(C)C)(C(C)C)c2sc3ccccc3c21. The fourth-order valence-electron chi connectivity index (χ4n) is 5.27. The van der Waals surface area contributed by atoms with E-state index in [1.165, 1.54) is 26.8 Å². The maximum Gasteiger partial charge on any atom is 0.134 e. The standard InChI is InChI=1S/C28H36OSSi/c1-17(2)21-13-11-14-22(18(3)4)27(21)29-24-16-31(19(5)6,20(7)8)28-26(24)23-12-9-10-15-25(23)30-28/h9-20H,1-8H3. The third-order valence-electron chi connectivity index (χ3n) is 7.05. The highest BCUT2D eigenvalue weighted by Crippen LogP contribution is 2.47. The van der Waals surface area contributed by atoms with Crippen molar-refractivity contribution >= 4 is 39.8 Å². The lowest BCUT2D eigenvalue weighted by molar-refractivity contribution is 0.495. The lowest BCUT2D eigenvalue weighted by Gasteiger charge is -2.33. The molecule has 164 valence electrons. The van der Waals surface area contributed by atoms with Gasteiger partial charge in [-0.2, -0.15) is 0 Å². The summed E-state index contributed by atoms with van der Waals surface area (Å²) in [7, 11) is -1.87. The average Bonchev–Trinajstić information content (AvgIpc) is 3.24. The molecule has 0 N–H and O–H groups in total. The van der Waals surface area contributed by atoms with E-state index < -0.39 is 8.07 Å². The quantitative estimate of drug-likeness (QED) is 0.343. The van der Waals surface area contributed by atoms with E-state index in [0.29, 0.717) is 22.9 Å². The number of hydrogen-bond acceptors (Lipinski definition) is 2. The first kappa shape index (κ1) is 22.4. The minimum Gasteiger partial charge on any atom is -0.457 e. The van der Waals surface area contributed by atoms with Crippen molar-refractivity contribution in [3.8, 4) is 5.75 Å². The minimum absolute atomic E-state index is 0.423. The van der Waals surface area contributed by atoms with Crippen LogP contribution in [0.25, 0.3) is 15.8 Å². The van der Waals surface area contributed by atoms with Crippen LogP contribution in [0.1, 0.15) is 83.9 Å². The molecule has 3 heteroatoms. The third kappa shape index (κ3) is 3.50. The van der Waals surface area contributed by atoms with Crippen LogP contribution in [0.5, 0.6) is 5.75 Å². The number of benzene rings is 2. The molecule has 0 fully saturated rings. The van der Waals surface area contributed by atoms with Gasteiger partial charge in [-0.1, -0.05) is 91.8 Å². The van der Waals surface area contributed by atoms with Gasteiger partial charge in [-0.05, 0) is 45.8 Å². The van der Waals surface area contributed by atoms with Gasteiger partial charge in [0.25, 0.3) is 0 Å². The molecular weight excluding hydrogens is 412 g/mol. The van der Waals surface area contributed by atoms with Crippen molar-refractivity contribution in [3.05, 3.63) is 64.9 Å². The number of hydrogen-bond donors (Lipinski definition) is 0. The third-order valence-corrected chi connectivity index (χ3v) is 15.0. The molecule has 1 aliphatic heterocycles. The van der Waals surface area contributed by atoms with Crippen molar-refractivity contribution in [3.63, 3.8) is 0 Å². The Kier molecular flexibility index (Phi) is 5.95. The van der Waals surface area contributed by atoms with Crippen LogP contribution >= 0.6 is 11.3 Å². The minimum atomic E-state index is -1.87. The Morgan fingerprint density at radius 2 is 1.32 bits per heavy atom. The maximum absolute atomic E-state index is 7.01. The Hall–Kier alpha value is -1.84. The van der Waals surface area contributed by atoms with E-state index in [2.05, 4.69) is 104 Å². The highest BCUT2D eigenvalue weighted by atomic mass is 32.1. The molecule has 0 atom stereocenters.